The van der Waals surface area contributed by atoms with Gasteiger partial charge < -0.3 is 14.8 Å². The molecule has 0 bridgehead atoms. The summed E-state index contributed by atoms with van der Waals surface area (Å²) in [5.74, 6) is 0.140. The first-order valence-corrected chi connectivity index (χ1v) is 6.05. The topological polar surface area (TPSA) is 50.2 Å². The van der Waals surface area contributed by atoms with Crippen molar-refractivity contribution in [2.75, 3.05) is 27.2 Å². The molecule has 1 aromatic rings. The summed E-state index contributed by atoms with van der Waals surface area (Å²) in [5, 5.41) is 2.93. The van der Waals surface area contributed by atoms with Gasteiger partial charge in [-0.3, -0.25) is 4.79 Å². The molecule has 0 aromatic carbocycles. The van der Waals surface area contributed by atoms with Crippen LogP contribution >= 0.6 is 0 Å². The number of nitrogens with one attached hydrogen (secondary N) is 1. The summed E-state index contributed by atoms with van der Waals surface area (Å²) in [6.45, 7) is 2.54. The van der Waals surface area contributed by atoms with E-state index in [4.69, 9.17) is 0 Å². The maximum atomic E-state index is 11.4. The number of carbonyl (C=O) groups is 1. The molecule has 5 nitrogen and oxygen atoms in total. The molecule has 0 saturated carbocycles. The second-order valence-corrected chi connectivity index (χ2v) is 4.41. The van der Waals surface area contributed by atoms with Crippen molar-refractivity contribution in [3.63, 3.8) is 0 Å². The molecule has 17 heavy (non-hydrogen) atoms. The average Bonchev–Trinajstić information content (AvgIpc) is 2.79. The molecular formula is C12H22N4O. The molecule has 96 valence electrons. The smallest absolute Gasteiger partial charge is 0.221 e. The van der Waals surface area contributed by atoms with Gasteiger partial charge in [0, 0.05) is 38.4 Å². The minimum atomic E-state index is 0.140. The van der Waals surface area contributed by atoms with Crippen molar-refractivity contribution in [3.8, 4) is 0 Å². The minimum Gasteiger partial charge on any atom is -0.356 e. The van der Waals surface area contributed by atoms with Crippen LogP contribution in [-0.2, 0) is 11.3 Å². The molecule has 0 atom stereocenters. The van der Waals surface area contributed by atoms with Gasteiger partial charge in [-0.15, -0.1) is 0 Å². The van der Waals surface area contributed by atoms with Crippen LogP contribution in [0.25, 0.3) is 0 Å². The lowest BCUT2D eigenvalue weighted by molar-refractivity contribution is -0.121. The predicted octanol–water partition coefficient (Wildman–Crippen LogP) is 0.731. The van der Waals surface area contributed by atoms with Gasteiger partial charge >= 0.3 is 0 Å². The summed E-state index contributed by atoms with van der Waals surface area (Å²) in [6.07, 6.45) is 8.19. The molecule has 0 saturated heterocycles. The third-order valence-corrected chi connectivity index (χ3v) is 2.51. The first kappa shape index (κ1) is 13.7. The molecule has 1 aromatic heterocycles. The quantitative estimate of drug-likeness (QED) is 0.679. The fraction of sp³-hybridized carbons (Fsp3) is 0.667. The highest BCUT2D eigenvalue weighted by atomic mass is 16.1. The maximum Gasteiger partial charge on any atom is 0.221 e. The van der Waals surface area contributed by atoms with Crippen LogP contribution in [0.3, 0.4) is 0 Å². The van der Waals surface area contributed by atoms with Crippen LogP contribution in [0.15, 0.2) is 18.7 Å². The van der Waals surface area contributed by atoms with Crippen LogP contribution in [-0.4, -0.2) is 47.5 Å². The van der Waals surface area contributed by atoms with Gasteiger partial charge in [-0.25, -0.2) is 4.98 Å². The molecule has 0 aliphatic heterocycles. The Kier molecular flexibility index (Phi) is 6.32. The third-order valence-electron chi connectivity index (χ3n) is 2.51. The maximum absolute atomic E-state index is 11.4. The number of unbranched alkanes of at least 4 members (excludes halogenated alkanes) is 1. The summed E-state index contributed by atoms with van der Waals surface area (Å²) >= 11 is 0. The molecule has 1 heterocycles. The largest absolute Gasteiger partial charge is 0.356 e. The number of hydrogen-bond acceptors (Lipinski definition) is 3. The lowest BCUT2D eigenvalue weighted by atomic mass is 10.3. The second kappa shape index (κ2) is 7.84. The molecule has 0 radical (unpaired) electrons. The molecule has 0 aliphatic carbocycles. The summed E-state index contributed by atoms with van der Waals surface area (Å²) in [6, 6.07) is 0. The number of nitrogens with zero attached hydrogens (tertiary/aromatic N) is 3. The molecule has 1 amide bonds. The van der Waals surface area contributed by atoms with Gasteiger partial charge in [-0.1, -0.05) is 0 Å². The van der Waals surface area contributed by atoms with Crippen molar-refractivity contribution >= 4 is 5.91 Å². The number of aromatic nitrogens is 2. The van der Waals surface area contributed by atoms with Crippen LogP contribution in [0, 0.1) is 0 Å². The van der Waals surface area contributed by atoms with E-state index >= 15 is 0 Å². The normalized spacial score (nSPS) is 10.8. The molecule has 1 N–H and O–H groups in total. The standard InChI is InChI=1S/C12H22N4O/c1-15(2)9-5-12(17)14-6-3-4-8-16-10-7-13-11-16/h7,10-11H,3-6,8-9H2,1-2H3,(H,14,17). The SMILES string of the molecule is CN(C)CCC(=O)NCCCCn1ccnc1. The Morgan fingerprint density at radius 3 is 2.88 bits per heavy atom. The van der Waals surface area contributed by atoms with Gasteiger partial charge in [0.2, 0.25) is 5.91 Å². The lowest BCUT2D eigenvalue weighted by Gasteiger charge is -2.09. The molecular weight excluding hydrogens is 216 g/mol. The van der Waals surface area contributed by atoms with Gasteiger partial charge in [0.15, 0.2) is 0 Å². The van der Waals surface area contributed by atoms with Crippen LogP contribution < -0.4 is 5.32 Å². The Hall–Kier alpha value is -1.36. The van der Waals surface area contributed by atoms with Gasteiger partial charge in [0.05, 0.1) is 6.33 Å². The summed E-state index contributed by atoms with van der Waals surface area (Å²) < 4.78 is 2.05. The zero-order valence-electron chi connectivity index (χ0n) is 10.7. The van der Waals surface area contributed by atoms with Crippen LogP contribution in [0.2, 0.25) is 0 Å². The zero-order chi connectivity index (χ0) is 12.5. The Balaban J connectivity index is 1.95. The van der Waals surface area contributed by atoms with E-state index in [0.717, 1.165) is 32.5 Å². The summed E-state index contributed by atoms with van der Waals surface area (Å²) in [7, 11) is 3.94. The highest BCUT2D eigenvalue weighted by molar-refractivity contribution is 5.75. The Labute approximate surface area is 103 Å². The van der Waals surface area contributed by atoms with Gasteiger partial charge in [0.25, 0.3) is 0 Å². The number of imidazole rings is 1. The molecule has 0 spiro atoms. The fourth-order valence-electron chi connectivity index (χ4n) is 1.48. The first-order chi connectivity index (χ1) is 8.18. The Bertz CT molecular complexity index is 308. The van der Waals surface area contributed by atoms with E-state index in [2.05, 4.69) is 10.3 Å². The van der Waals surface area contributed by atoms with E-state index in [1.807, 2.05) is 36.1 Å². The number of amides is 1. The van der Waals surface area contributed by atoms with Crippen molar-refractivity contribution in [1.29, 1.82) is 0 Å². The van der Waals surface area contributed by atoms with E-state index in [1.54, 1.807) is 6.20 Å². The van der Waals surface area contributed by atoms with E-state index in [1.165, 1.54) is 0 Å². The number of aryl methyl sites for hydroxylation is 1. The summed E-state index contributed by atoms with van der Waals surface area (Å²) in [5.41, 5.74) is 0. The van der Waals surface area contributed by atoms with Crippen molar-refractivity contribution < 1.29 is 4.79 Å². The van der Waals surface area contributed by atoms with E-state index in [9.17, 15) is 4.79 Å². The Morgan fingerprint density at radius 2 is 2.24 bits per heavy atom. The van der Waals surface area contributed by atoms with Crippen molar-refractivity contribution in [3.05, 3.63) is 18.7 Å². The van der Waals surface area contributed by atoms with Gasteiger partial charge in [-0.2, -0.15) is 0 Å². The van der Waals surface area contributed by atoms with Gasteiger partial charge in [0.1, 0.15) is 0 Å². The van der Waals surface area contributed by atoms with Crippen LogP contribution in [0.5, 0.6) is 0 Å². The summed E-state index contributed by atoms with van der Waals surface area (Å²) in [4.78, 5) is 17.4. The van der Waals surface area contributed by atoms with Crippen molar-refractivity contribution in [1.82, 2.24) is 19.8 Å². The zero-order valence-corrected chi connectivity index (χ0v) is 10.7. The molecule has 1 rings (SSSR count). The highest BCUT2D eigenvalue weighted by Gasteiger charge is 2.00. The Morgan fingerprint density at radius 1 is 1.41 bits per heavy atom. The van der Waals surface area contributed by atoms with E-state index < -0.39 is 0 Å². The molecule has 0 aliphatic rings. The van der Waals surface area contributed by atoms with Crippen molar-refractivity contribution in [2.24, 2.45) is 0 Å². The highest BCUT2D eigenvalue weighted by Crippen LogP contribution is 1.94. The minimum absolute atomic E-state index is 0.140. The first-order valence-electron chi connectivity index (χ1n) is 6.05. The van der Waals surface area contributed by atoms with E-state index in [0.29, 0.717) is 6.42 Å². The second-order valence-electron chi connectivity index (χ2n) is 4.41. The predicted molar refractivity (Wildman–Crippen MR) is 67.6 cm³/mol. The number of carbonyl (C=O) groups excluding carboxylic acids is 1. The van der Waals surface area contributed by atoms with Crippen LogP contribution in [0.1, 0.15) is 19.3 Å². The molecule has 0 unspecified atom stereocenters. The van der Waals surface area contributed by atoms with Crippen molar-refractivity contribution in [2.45, 2.75) is 25.8 Å². The fourth-order valence-corrected chi connectivity index (χ4v) is 1.48. The van der Waals surface area contributed by atoms with E-state index in [-0.39, 0.29) is 5.91 Å². The average molecular weight is 238 g/mol. The third kappa shape index (κ3) is 6.73. The monoisotopic (exact) mass is 238 g/mol. The molecule has 5 heteroatoms. The lowest BCUT2D eigenvalue weighted by Crippen LogP contribution is -2.28. The van der Waals surface area contributed by atoms with Gasteiger partial charge in [-0.05, 0) is 26.9 Å². The van der Waals surface area contributed by atoms with Crippen LogP contribution in [0.4, 0.5) is 0 Å². The number of rotatable bonds is 8. The number of hydrogen-bond donors (Lipinski definition) is 1. The molecule has 0 fully saturated rings.